The Labute approximate surface area is 169 Å². The van der Waals surface area contributed by atoms with E-state index in [-0.39, 0.29) is 12.3 Å². The number of anilines is 1. The van der Waals surface area contributed by atoms with Crippen molar-refractivity contribution in [3.63, 3.8) is 0 Å². The van der Waals surface area contributed by atoms with Gasteiger partial charge in [-0.1, -0.05) is 46.8 Å². The van der Waals surface area contributed by atoms with E-state index in [1.807, 2.05) is 42.5 Å². The number of nitrogens with one attached hydrogen (secondary N) is 1. The van der Waals surface area contributed by atoms with E-state index in [1.54, 1.807) is 0 Å². The first-order valence-electron chi connectivity index (χ1n) is 9.13. The number of carbonyl (C=O) groups excluding carboxylic acids is 1. The van der Waals surface area contributed by atoms with Gasteiger partial charge in [0, 0.05) is 30.5 Å². The zero-order valence-electron chi connectivity index (χ0n) is 15.3. The molecule has 0 saturated heterocycles. The lowest BCUT2D eigenvalue weighted by atomic mass is 10.2. The van der Waals surface area contributed by atoms with E-state index in [2.05, 4.69) is 20.4 Å². The summed E-state index contributed by atoms with van der Waals surface area (Å²) in [6, 6.07) is 13.3. The van der Waals surface area contributed by atoms with Crippen molar-refractivity contribution < 1.29 is 18.8 Å². The molecular formula is C20H16N4O4S. The van der Waals surface area contributed by atoms with Crippen LogP contribution in [0.4, 0.5) is 5.13 Å². The van der Waals surface area contributed by atoms with Gasteiger partial charge in [-0.25, -0.2) is 4.98 Å². The molecule has 0 radical (unpaired) electrons. The van der Waals surface area contributed by atoms with E-state index in [0.717, 1.165) is 15.8 Å². The maximum Gasteiger partial charge on any atom is 0.227 e. The summed E-state index contributed by atoms with van der Waals surface area (Å²) in [5, 5.41) is 7.32. The van der Waals surface area contributed by atoms with Crippen LogP contribution in [0.15, 0.2) is 47.0 Å². The van der Waals surface area contributed by atoms with Crippen molar-refractivity contribution in [2.24, 2.45) is 0 Å². The van der Waals surface area contributed by atoms with Crippen molar-refractivity contribution >= 4 is 32.6 Å². The van der Waals surface area contributed by atoms with Gasteiger partial charge in [0.15, 0.2) is 16.6 Å². The van der Waals surface area contributed by atoms with E-state index in [1.165, 1.54) is 11.3 Å². The van der Waals surface area contributed by atoms with Gasteiger partial charge >= 0.3 is 0 Å². The third kappa shape index (κ3) is 3.77. The molecule has 5 rings (SSSR count). The summed E-state index contributed by atoms with van der Waals surface area (Å²) in [6.45, 7) is 1.05. The molecule has 2 aromatic carbocycles. The van der Waals surface area contributed by atoms with Gasteiger partial charge in [0.05, 0.1) is 10.2 Å². The van der Waals surface area contributed by atoms with Gasteiger partial charge in [-0.2, -0.15) is 4.98 Å². The summed E-state index contributed by atoms with van der Waals surface area (Å²) in [4.78, 5) is 21.1. The topological polar surface area (TPSA) is 99.4 Å². The second-order valence-corrected chi connectivity index (χ2v) is 7.44. The van der Waals surface area contributed by atoms with Crippen LogP contribution < -0.4 is 14.8 Å². The van der Waals surface area contributed by atoms with E-state index >= 15 is 0 Å². The summed E-state index contributed by atoms with van der Waals surface area (Å²) < 4.78 is 17.3. The number of aromatic nitrogens is 3. The van der Waals surface area contributed by atoms with Gasteiger partial charge in [-0.3, -0.25) is 4.79 Å². The maximum atomic E-state index is 12.3. The summed E-state index contributed by atoms with van der Waals surface area (Å²) in [5.41, 5.74) is 1.64. The number of hydrogen-bond donors (Lipinski definition) is 1. The molecule has 0 saturated carbocycles. The molecule has 146 valence electrons. The molecule has 1 amide bonds. The van der Waals surface area contributed by atoms with Crippen molar-refractivity contribution in [2.45, 2.75) is 12.8 Å². The lowest BCUT2D eigenvalue weighted by Crippen LogP contribution is -2.15. The first kappa shape index (κ1) is 17.6. The predicted octanol–water partition coefficient (Wildman–Crippen LogP) is 3.69. The van der Waals surface area contributed by atoms with Crippen LogP contribution in [0.25, 0.3) is 21.6 Å². The Morgan fingerprint density at radius 1 is 1.07 bits per heavy atom. The number of hydrogen-bond acceptors (Lipinski definition) is 8. The number of nitrogens with zero attached hydrogens (tertiary/aromatic N) is 3. The highest BCUT2D eigenvalue weighted by atomic mass is 32.1. The number of aryl methyl sites for hydroxylation is 1. The van der Waals surface area contributed by atoms with Crippen LogP contribution in [0.1, 0.15) is 12.3 Å². The normalized spacial score (nSPS) is 12.8. The SMILES string of the molecule is O=C(CCc1nc(-c2ccccc2)no1)Nc1nc2cc3c(cc2s1)OCCO3. The predicted molar refractivity (Wildman–Crippen MR) is 107 cm³/mol. The molecule has 0 unspecified atom stereocenters. The first-order chi connectivity index (χ1) is 14.2. The number of ether oxygens (including phenoxy) is 2. The quantitative estimate of drug-likeness (QED) is 0.538. The molecule has 1 N–H and O–H groups in total. The standard InChI is InChI=1S/C20H16N4O4S/c25-17(6-7-18-23-19(24-28-18)12-4-2-1-3-5-12)22-20-21-13-10-14-15(11-16(13)29-20)27-9-8-26-14/h1-5,10-11H,6-9H2,(H,21,22,25). The molecule has 3 heterocycles. The average molecular weight is 408 g/mol. The van der Waals surface area contributed by atoms with Crippen LogP contribution in [-0.4, -0.2) is 34.2 Å². The lowest BCUT2D eigenvalue weighted by molar-refractivity contribution is -0.116. The third-order valence-corrected chi connectivity index (χ3v) is 5.30. The fourth-order valence-corrected chi connectivity index (χ4v) is 3.87. The minimum atomic E-state index is -0.166. The second-order valence-electron chi connectivity index (χ2n) is 6.41. The molecule has 29 heavy (non-hydrogen) atoms. The third-order valence-electron chi connectivity index (χ3n) is 4.36. The molecule has 2 aromatic heterocycles. The Balaban J connectivity index is 1.22. The van der Waals surface area contributed by atoms with Gasteiger partial charge in [-0.05, 0) is 0 Å². The lowest BCUT2D eigenvalue weighted by Gasteiger charge is -2.17. The molecule has 1 aliphatic rings. The van der Waals surface area contributed by atoms with Crippen LogP contribution in [0.5, 0.6) is 11.5 Å². The summed E-state index contributed by atoms with van der Waals surface area (Å²) >= 11 is 1.39. The maximum absolute atomic E-state index is 12.3. The molecular weight excluding hydrogens is 392 g/mol. The Morgan fingerprint density at radius 3 is 2.69 bits per heavy atom. The largest absolute Gasteiger partial charge is 0.486 e. The van der Waals surface area contributed by atoms with Crippen LogP contribution >= 0.6 is 11.3 Å². The zero-order chi connectivity index (χ0) is 19.6. The van der Waals surface area contributed by atoms with Crippen LogP contribution in [-0.2, 0) is 11.2 Å². The van der Waals surface area contributed by atoms with Crippen molar-refractivity contribution in [1.82, 2.24) is 15.1 Å². The molecule has 0 atom stereocenters. The van der Waals surface area contributed by atoms with E-state index < -0.39 is 0 Å². The summed E-state index contributed by atoms with van der Waals surface area (Å²) in [6.07, 6.45) is 0.571. The number of fused-ring (bicyclic) bond motifs is 2. The number of benzene rings is 2. The van der Waals surface area contributed by atoms with E-state index in [0.29, 0.717) is 48.0 Å². The fourth-order valence-electron chi connectivity index (χ4n) is 2.98. The Kier molecular flexibility index (Phi) is 4.57. The van der Waals surface area contributed by atoms with Gasteiger partial charge in [-0.15, -0.1) is 0 Å². The van der Waals surface area contributed by atoms with E-state index in [4.69, 9.17) is 14.0 Å². The number of carbonyl (C=O) groups is 1. The second kappa shape index (κ2) is 7.51. The summed E-state index contributed by atoms with van der Waals surface area (Å²) in [7, 11) is 0. The highest BCUT2D eigenvalue weighted by Crippen LogP contribution is 2.37. The molecule has 9 heteroatoms. The minimum absolute atomic E-state index is 0.166. The first-order valence-corrected chi connectivity index (χ1v) is 9.94. The van der Waals surface area contributed by atoms with E-state index in [9.17, 15) is 4.79 Å². The van der Waals surface area contributed by atoms with Crippen LogP contribution in [0, 0.1) is 0 Å². The minimum Gasteiger partial charge on any atom is -0.486 e. The highest BCUT2D eigenvalue weighted by Gasteiger charge is 2.16. The molecule has 8 nitrogen and oxygen atoms in total. The number of rotatable bonds is 5. The highest BCUT2D eigenvalue weighted by molar-refractivity contribution is 7.22. The fraction of sp³-hybridized carbons (Fsp3) is 0.200. The van der Waals surface area contributed by atoms with Crippen molar-refractivity contribution in [1.29, 1.82) is 0 Å². The smallest absolute Gasteiger partial charge is 0.227 e. The van der Waals surface area contributed by atoms with Gasteiger partial charge in [0.25, 0.3) is 0 Å². The molecule has 0 spiro atoms. The Morgan fingerprint density at radius 2 is 1.86 bits per heavy atom. The van der Waals surface area contributed by atoms with Gasteiger partial charge in [0.1, 0.15) is 13.2 Å². The van der Waals surface area contributed by atoms with Crippen LogP contribution in [0.3, 0.4) is 0 Å². The number of amides is 1. The van der Waals surface area contributed by atoms with Gasteiger partial charge in [0.2, 0.25) is 17.6 Å². The zero-order valence-corrected chi connectivity index (χ0v) is 16.1. The molecule has 4 aromatic rings. The average Bonchev–Trinajstić information content (AvgIpc) is 3.37. The Hall–Kier alpha value is -3.46. The molecule has 0 fully saturated rings. The monoisotopic (exact) mass is 408 g/mol. The Bertz CT molecular complexity index is 1130. The number of thiazole rings is 1. The van der Waals surface area contributed by atoms with Crippen LogP contribution in [0.2, 0.25) is 0 Å². The molecule has 0 aliphatic carbocycles. The van der Waals surface area contributed by atoms with Crippen molar-refractivity contribution in [2.75, 3.05) is 18.5 Å². The summed E-state index contributed by atoms with van der Waals surface area (Å²) in [5.74, 6) is 2.15. The van der Waals surface area contributed by atoms with Gasteiger partial charge < -0.3 is 19.3 Å². The van der Waals surface area contributed by atoms with Crippen molar-refractivity contribution in [3.8, 4) is 22.9 Å². The molecule has 1 aliphatic heterocycles. The molecule has 0 bridgehead atoms. The van der Waals surface area contributed by atoms with Crippen molar-refractivity contribution in [3.05, 3.63) is 48.4 Å².